The normalized spacial score (nSPS) is 29.5. The van der Waals surface area contributed by atoms with Gasteiger partial charge in [-0.25, -0.2) is 0 Å². The molecule has 0 saturated carbocycles. The van der Waals surface area contributed by atoms with Crippen molar-refractivity contribution in [2.75, 3.05) is 19.6 Å². The molecule has 0 spiro atoms. The van der Waals surface area contributed by atoms with Crippen LogP contribution in [-0.2, 0) is 0 Å². The Morgan fingerprint density at radius 1 is 1.12 bits per heavy atom. The molecule has 0 aromatic rings. The fraction of sp³-hybridized carbons (Fsp3) is 1.00. The number of hydrogen-bond acceptors (Lipinski definition) is 2. The van der Waals surface area contributed by atoms with Crippen LogP contribution in [0.1, 0.15) is 53.9 Å². The zero-order valence-corrected chi connectivity index (χ0v) is 12.5. The predicted octanol–water partition coefficient (Wildman–Crippen LogP) is 3.13. The Kier molecular flexibility index (Phi) is 6.50. The minimum Gasteiger partial charge on any atom is -0.313 e. The Morgan fingerprint density at radius 3 is 2.12 bits per heavy atom. The van der Waals surface area contributed by atoms with Crippen LogP contribution in [0.5, 0.6) is 0 Å². The number of likely N-dealkylation sites (N-methyl/N-ethyl adjacent to an activating group) is 1. The molecule has 0 aromatic heterocycles. The lowest BCUT2D eigenvalue weighted by atomic mass is 9.99. The quantitative estimate of drug-likeness (QED) is 0.735. The third-order valence-electron chi connectivity index (χ3n) is 4.43. The van der Waals surface area contributed by atoms with E-state index in [4.69, 9.17) is 0 Å². The Morgan fingerprint density at radius 2 is 1.71 bits per heavy atom. The van der Waals surface area contributed by atoms with Gasteiger partial charge in [0, 0.05) is 25.2 Å². The fourth-order valence-electron chi connectivity index (χ4n) is 3.25. The summed E-state index contributed by atoms with van der Waals surface area (Å²) >= 11 is 0. The van der Waals surface area contributed by atoms with Crippen LogP contribution in [0.2, 0.25) is 0 Å². The van der Waals surface area contributed by atoms with Gasteiger partial charge in [-0.2, -0.15) is 0 Å². The maximum Gasteiger partial charge on any atom is 0.0246 e. The maximum absolute atomic E-state index is 3.70. The van der Waals surface area contributed by atoms with Gasteiger partial charge < -0.3 is 5.32 Å². The van der Waals surface area contributed by atoms with Crippen molar-refractivity contribution in [2.24, 2.45) is 11.8 Å². The largest absolute Gasteiger partial charge is 0.313 e. The van der Waals surface area contributed by atoms with Gasteiger partial charge in [0.2, 0.25) is 0 Å². The van der Waals surface area contributed by atoms with Crippen LogP contribution in [0, 0.1) is 11.8 Å². The summed E-state index contributed by atoms with van der Waals surface area (Å²) in [6, 6.07) is 1.43. The molecule has 0 radical (unpaired) electrons. The lowest BCUT2D eigenvalue weighted by molar-refractivity contribution is 0.172. The summed E-state index contributed by atoms with van der Waals surface area (Å²) in [4.78, 5) is 2.73. The van der Waals surface area contributed by atoms with Crippen molar-refractivity contribution in [3.05, 3.63) is 0 Å². The van der Waals surface area contributed by atoms with Crippen LogP contribution >= 0.6 is 0 Å². The molecule has 102 valence electrons. The molecule has 2 nitrogen and oxygen atoms in total. The number of nitrogens with zero attached hydrogens (tertiary/aromatic N) is 1. The van der Waals surface area contributed by atoms with E-state index in [0.717, 1.165) is 24.4 Å². The first kappa shape index (κ1) is 15.0. The molecular weight excluding hydrogens is 208 g/mol. The first-order valence-corrected chi connectivity index (χ1v) is 7.61. The van der Waals surface area contributed by atoms with E-state index in [-0.39, 0.29) is 0 Å². The Hall–Kier alpha value is -0.0800. The average Bonchev–Trinajstić information content (AvgIpc) is 2.61. The second-order valence-electron chi connectivity index (χ2n) is 5.84. The summed E-state index contributed by atoms with van der Waals surface area (Å²) in [5, 5.41) is 3.70. The molecule has 17 heavy (non-hydrogen) atoms. The summed E-state index contributed by atoms with van der Waals surface area (Å²) in [7, 11) is 0. The molecule has 0 aromatic carbocycles. The van der Waals surface area contributed by atoms with E-state index in [0.29, 0.717) is 6.04 Å². The van der Waals surface area contributed by atoms with Gasteiger partial charge in [-0.3, -0.25) is 4.90 Å². The fourth-order valence-corrected chi connectivity index (χ4v) is 3.25. The first-order chi connectivity index (χ1) is 8.13. The number of rotatable bonds is 7. The molecular formula is C15H32N2. The SMILES string of the molecule is CCCC(NCC)C(CC)N1CC(C)C(C)C1. The zero-order valence-electron chi connectivity index (χ0n) is 12.5. The second kappa shape index (κ2) is 7.38. The Bertz CT molecular complexity index is 187. The van der Waals surface area contributed by atoms with Crippen molar-refractivity contribution in [1.82, 2.24) is 10.2 Å². The molecule has 1 aliphatic rings. The van der Waals surface area contributed by atoms with Gasteiger partial charge in [0.05, 0.1) is 0 Å². The van der Waals surface area contributed by atoms with E-state index in [1.54, 1.807) is 0 Å². The van der Waals surface area contributed by atoms with Crippen LogP contribution < -0.4 is 5.32 Å². The Labute approximate surface area is 108 Å². The topological polar surface area (TPSA) is 15.3 Å². The summed E-state index contributed by atoms with van der Waals surface area (Å²) < 4.78 is 0. The van der Waals surface area contributed by atoms with Gasteiger partial charge in [0.1, 0.15) is 0 Å². The van der Waals surface area contributed by atoms with Crippen molar-refractivity contribution in [2.45, 2.75) is 66.0 Å². The van der Waals surface area contributed by atoms with Crippen molar-refractivity contribution in [3.63, 3.8) is 0 Å². The number of likely N-dealkylation sites (tertiary alicyclic amines) is 1. The highest BCUT2D eigenvalue weighted by molar-refractivity contribution is 4.89. The highest BCUT2D eigenvalue weighted by Crippen LogP contribution is 2.27. The van der Waals surface area contributed by atoms with Gasteiger partial charge in [-0.1, -0.05) is 41.0 Å². The molecule has 1 fully saturated rings. The van der Waals surface area contributed by atoms with Crippen LogP contribution in [-0.4, -0.2) is 36.6 Å². The molecule has 1 saturated heterocycles. The van der Waals surface area contributed by atoms with E-state index < -0.39 is 0 Å². The van der Waals surface area contributed by atoms with Crippen molar-refractivity contribution in [1.29, 1.82) is 0 Å². The third kappa shape index (κ3) is 3.96. The number of hydrogen-bond donors (Lipinski definition) is 1. The second-order valence-corrected chi connectivity index (χ2v) is 5.84. The van der Waals surface area contributed by atoms with Gasteiger partial charge >= 0.3 is 0 Å². The molecule has 2 heteroatoms. The molecule has 1 aliphatic heterocycles. The minimum absolute atomic E-state index is 0.687. The zero-order chi connectivity index (χ0) is 12.8. The highest BCUT2D eigenvalue weighted by Gasteiger charge is 2.33. The van der Waals surface area contributed by atoms with E-state index in [1.165, 1.54) is 32.4 Å². The molecule has 1 N–H and O–H groups in total. The van der Waals surface area contributed by atoms with Crippen LogP contribution in [0.4, 0.5) is 0 Å². The minimum atomic E-state index is 0.687. The van der Waals surface area contributed by atoms with E-state index in [2.05, 4.69) is 44.8 Å². The van der Waals surface area contributed by atoms with Gasteiger partial charge in [-0.15, -0.1) is 0 Å². The van der Waals surface area contributed by atoms with E-state index in [1.807, 2.05) is 0 Å². The molecule has 0 amide bonds. The molecule has 1 heterocycles. The average molecular weight is 240 g/mol. The molecule has 0 aliphatic carbocycles. The highest BCUT2D eigenvalue weighted by atomic mass is 15.2. The molecule has 4 atom stereocenters. The van der Waals surface area contributed by atoms with Crippen molar-refractivity contribution >= 4 is 0 Å². The van der Waals surface area contributed by atoms with Gasteiger partial charge in [0.15, 0.2) is 0 Å². The van der Waals surface area contributed by atoms with E-state index in [9.17, 15) is 0 Å². The van der Waals surface area contributed by atoms with Gasteiger partial charge in [0.25, 0.3) is 0 Å². The smallest absolute Gasteiger partial charge is 0.0246 e. The lowest BCUT2D eigenvalue weighted by Gasteiger charge is -2.34. The molecule has 1 rings (SSSR count). The van der Waals surface area contributed by atoms with Crippen molar-refractivity contribution < 1.29 is 0 Å². The predicted molar refractivity (Wildman–Crippen MR) is 76.4 cm³/mol. The monoisotopic (exact) mass is 240 g/mol. The van der Waals surface area contributed by atoms with E-state index >= 15 is 0 Å². The maximum atomic E-state index is 3.70. The van der Waals surface area contributed by atoms with Gasteiger partial charge in [-0.05, 0) is 31.2 Å². The standard InChI is InChI=1S/C15H32N2/c1-6-9-14(16-8-3)15(7-2)17-10-12(4)13(5)11-17/h12-16H,6-11H2,1-5H3. The lowest BCUT2D eigenvalue weighted by Crippen LogP contribution is -2.49. The first-order valence-electron chi connectivity index (χ1n) is 7.61. The van der Waals surface area contributed by atoms with Crippen LogP contribution in [0.25, 0.3) is 0 Å². The summed E-state index contributed by atoms with van der Waals surface area (Å²) in [6.07, 6.45) is 3.87. The summed E-state index contributed by atoms with van der Waals surface area (Å²) in [6.45, 7) is 15.4. The number of nitrogens with one attached hydrogen (secondary N) is 1. The molecule has 0 bridgehead atoms. The summed E-state index contributed by atoms with van der Waals surface area (Å²) in [5.41, 5.74) is 0. The van der Waals surface area contributed by atoms with Crippen molar-refractivity contribution in [3.8, 4) is 0 Å². The van der Waals surface area contributed by atoms with Crippen LogP contribution in [0.15, 0.2) is 0 Å². The van der Waals surface area contributed by atoms with Crippen LogP contribution in [0.3, 0.4) is 0 Å². The summed E-state index contributed by atoms with van der Waals surface area (Å²) in [5.74, 6) is 1.74. The third-order valence-corrected chi connectivity index (χ3v) is 4.43. The Balaban J connectivity index is 2.61. The molecule has 4 unspecified atom stereocenters.